The van der Waals surface area contributed by atoms with Crippen molar-refractivity contribution in [2.45, 2.75) is 6.92 Å². The maximum atomic E-state index is 12.6. The van der Waals surface area contributed by atoms with E-state index in [-0.39, 0.29) is 11.3 Å². The molecule has 0 aliphatic carbocycles. The van der Waals surface area contributed by atoms with Crippen LogP contribution in [0.15, 0.2) is 48.5 Å². The molecule has 0 amide bonds. The molecule has 0 radical (unpaired) electrons. The van der Waals surface area contributed by atoms with Gasteiger partial charge in [-0.1, -0.05) is 18.2 Å². The fourth-order valence-electron chi connectivity index (χ4n) is 2.97. The highest BCUT2D eigenvalue weighted by atomic mass is 16.5. The third-order valence-electron chi connectivity index (χ3n) is 4.34. The van der Waals surface area contributed by atoms with Crippen LogP contribution in [0.2, 0.25) is 0 Å². The Bertz CT molecular complexity index is 1020. The van der Waals surface area contributed by atoms with Crippen molar-refractivity contribution >= 4 is 11.9 Å². The normalized spacial score (nSPS) is 10.4. The summed E-state index contributed by atoms with van der Waals surface area (Å²) >= 11 is 0. The highest BCUT2D eigenvalue weighted by Crippen LogP contribution is 2.32. The minimum absolute atomic E-state index is 0.00534. The average molecular weight is 380 g/mol. The van der Waals surface area contributed by atoms with Crippen molar-refractivity contribution < 1.29 is 23.8 Å². The number of esters is 2. The number of aryl methyl sites for hydroxylation is 1. The molecule has 0 atom stereocenters. The van der Waals surface area contributed by atoms with Gasteiger partial charge in [-0.2, -0.15) is 5.10 Å². The number of ether oxygens (including phenoxy) is 3. The molecule has 3 rings (SSSR count). The lowest BCUT2D eigenvalue weighted by Crippen LogP contribution is -2.15. The Kier molecular flexibility index (Phi) is 5.44. The van der Waals surface area contributed by atoms with Crippen LogP contribution in [0, 0.1) is 6.92 Å². The maximum absolute atomic E-state index is 12.6. The third-order valence-corrected chi connectivity index (χ3v) is 4.34. The second kappa shape index (κ2) is 7.96. The molecule has 7 nitrogen and oxygen atoms in total. The van der Waals surface area contributed by atoms with Crippen LogP contribution < -0.4 is 4.74 Å². The lowest BCUT2D eigenvalue weighted by atomic mass is 10.0. The molecule has 0 fully saturated rings. The van der Waals surface area contributed by atoms with Crippen LogP contribution in [-0.4, -0.2) is 43.0 Å². The first-order valence-corrected chi connectivity index (χ1v) is 8.51. The zero-order valence-electron chi connectivity index (χ0n) is 16.1. The number of carbonyl (C=O) groups is 2. The summed E-state index contributed by atoms with van der Waals surface area (Å²) in [6.45, 7) is 1.87. The van der Waals surface area contributed by atoms with E-state index in [0.717, 1.165) is 5.56 Å². The summed E-state index contributed by atoms with van der Waals surface area (Å²) in [5.74, 6) is -0.682. The van der Waals surface area contributed by atoms with E-state index in [1.165, 1.54) is 18.9 Å². The minimum Gasteiger partial charge on any atom is -0.497 e. The lowest BCUT2D eigenvalue weighted by molar-refractivity contribution is 0.0549. The van der Waals surface area contributed by atoms with E-state index in [1.54, 1.807) is 31.4 Å². The van der Waals surface area contributed by atoms with E-state index in [4.69, 9.17) is 14.2 Å². The van der Waals surface area contributed by atoms with E-state index in [2.05, 4.69) is 5.10 Å². The number of rotatable bonds is 5. The second-order valence-corrected chi connectivity index (χ2v) is 5.98. The van der Waals surface area contributed by atoms with E-state index < -0.39 is 11.9 Å². The van der Waals surface area contributed by atoms with Crippen LogP contribution in [0.1, 0.15) is 26.4 Å². The Balaban J connectivity index is 2.35. The SMILES string of the molecule is COC(=O)c1c(-c2ccc(OC)cc2C)nn(-c2ccccc2)c1C(=O)OC. The standard InChI is InChI=1S/C21H20N2O5/c1-13-12-15(26-2)10-11-16(13)18-17(20(24)27-3)19(21(25)28-4)23(22-18)14-8-6-5-7-9-14/h5-12H,1-4H3. The molecule has 1 heterocycles. The van der Waals surface area contributed by atoms with Crippen LogP contribution in [0.5, 0.6) is 5.75 Å². The number of aromatic nitrogens is 2. The Labute approximate surface area is 162 Å². The van der Waals surface area contributed by atoms with Crippen LogP contribution in [0.3, 0.4) is 0 Å². The van der Waals surface area contributed by atoms with Crippen molar-refractivity contribution in [3.63, 3.8) is 0 Å². The molecule has 0 aliphatic heterocycles. The first-order valence-electron chi connectivity index (χ1n) is 8.51. The summed E-state index contributed by atoms with van der Waals surface area (Å²) in [7, 11) is 4.09. The fourth-order valence-corrected chi connectivity index (χ4v) is 2.97. The Morgan fingerprint density at radius 2 is 1.61 bits per heavy atom. The van der Waals surface area contributed by atoms with E-state index in [1.807, 2.05) is 31.2 Å². The van der Waals surface area contributed by atoms with Crippen molar-refractivity contribution in [3.8, 4) is 22.7 Å². The molecule has 0 saturated heterocycles. The predicted octanol–water partition coefficient (Wildman–Crippen LogP) is 3.43. The Morgan fingerprint density at radius 3 is 2.18 bits per heavy atom. The molecule has 28 heavy (non-hydrogen) atoms. The third kappa shape index (κ3) is 3.34. The first-order chi connectivity index (χ1) is 13.5. The number of carbonyl (C=O) groups excluding carboxylic acids is 2. The maximum Gasteiger partial charge on any atom is 0.357 e. The largest absolute Gasteiger partial charge is 0.497 e. The minimum atomic E-state index is -0.686. The molecule has 0 aliphatic rings. The fraction of sp³-hybridized carbons (Fsp3) is 0.190. The molecule has 7 heteroatoms. The number of hydrogen-bond donors (Lipinski definition) is 0. The van der Waals surface area contributed by atoms with Crippen molar-refractivity contribution in [1.82, 2.24) is 9.78 Å². The van der Waals surface area contributed by atoms with Gasteiger partial charge < -0.3 is 14.2 Å². The van der Waals surface area contributed by atoms with Crippen LogP contribution in [0.25, 0.3) is 16.9 Å². The Morgan fingerprint density at radius 1 is 0.929 bits per heavy atom. The molecule has 2 aromatic carbocycles. The van der Waals surface area contributed by atoms with Crippen molar-refractivity contribution in [1.29, 1.82) is 0 Å². The van der Waals surface area contributed by atoms with Gasteiger partial charge >= 0.3 is 11.9 Å². The summed E-state index contributed by atoms with van der Waals surface area (Å²) in [4.78, 5) is 25.2. The van der Waals surface area contributed by atoms with E-state index >= 15 is 0 Å². The van der Waals surface area contributed by atoms with E-state index in [0.29, 0.717) is 22.7 Å². The molecule has 144 valence electrons. The quantitative estimate of drug-likeness (QED) is 0.631. The lowest BCUT2D eigenvalue weighted by Gasteiger charge is -2.08. The monoisotopic (exact) mass is 380 g/mol. The zero-order chi connectivity index (χ0) is 20.3. The van der Waals surface area contributed by atoms with Crippen LogP contribution >= 0.6 is 0 Å². The van der Waals surface area contributed by atoms with Gasteiger partial charge in [0, 0.05) is 5.56 Å². The number of para-hydroxylation sites is 1. The van der Waals surface area contributed by atoms with Gasteiger partial charge in [0.1, 0.15) is 17.0 Å². The van der Waals surface area contributed by atoms with Gasteiger partial charge in [-0.25, -0.2) is 14.3 Å². The topological polar surface area (TPSA) is 79.7 Å². The molecular weight excluding hydrogens is 360 g/mol. The van der Waals surface area contributed by atoms with Crippen LogP contribution in [0.4, 0.5) is 0 Å². The highest BCUT2D eigenvalue weighted by Gasteiger charge is 2.31. The van der Waals surface area contributed by atoms with Gasteiger partial charge in [0.2, 0.25) is 0 Å². The van der Waals surface area contributed by atoms with Crippen molar-refractivity contribution in [2.75, 3.05) is 21.3 Å². The summed E-state index contributed by atoms with van der Waals surface area (Å²) in [5, 5.41) is 4.58. The first kappa shape index (κ1) is 19.2. The van der Waals surface area contributed by atoms with Crippen molar-refractivity contribution in [2.24, 2.45) is 0 Å². The summed E-state index contributed by atoms with van der Waals surface area (Å²) < 4.78 is 16.5. The van der Waals surface area contributed by atoms with Gasteiger partial charge in [-0.15, -0.1) is 0 Å². The van der Waals surface area contributed by atoms with Gasteiger partial charge in [0.05, 0.1) is 27.0 Å². The molecule has 1 aromatic heterocycles. The average Bonchev–Trinajstić information content (AvgIpc) is 3.13. The molecule has 0 spiro atoms. The predicted molar refractivity (Wildman–Crippen MR) is 103 cm³/mol. The highest BCUT2D eigenvalue weighted by molar-refractivity contribution is 6.07. The zero-order valence-corrected chi connectivity index (χ0v) is 16.1. The van der Waals surface area contributed by atoms with Gasteiger partial charge in [0.25, 0.3) is 0 Å². The van der Waals surface area contributed by atoms with Gasteiger partial charge in [-0.05, 0) is 42.8 Å². The summed E-state index contributed by atoms with van der Waals surface area (Å²) in [5.41, 5.74) is 2.51. The molecule has 0 bridgehead atoms. The van der Waals surface area contributed by atoms with Gasteiger partial charge in [0.15, 0.2) is 5.69 Å². The molecule has 0 N–H and O–H groups in total. The Hall–Kier alpha value is -3.61. The molecule has 0 unspecified atom stereocenters. The van der Waals surface area contributed by atoms with E-state index in [9.17, 15) is 9.59 Å². The number of methoxy groups -OCH3 is 3. The number of nitrogens with zero attached hydrogens (tertiary/aromatic N) is 2. The number of benzene rings is 2. The second-order valence-electron chi connectivity index (χ2n) is 5.98. The van der Waals surface area contributed by atoms with Crippen molar-refractivity contribution in [3.05, 3.63) is 65.4 Å². The number of hydrogen-bond acceptors (Lipinski definition) is 6. The smallest absolute Gasteiger partial charge is 0.357 e. The molecule has 0 saturated carbocycles. The summed E-state index contributed by atoms with van der Waals surface area (Å²) in [6.07, 6.45) is 0. The molecule has 3 aromatic rings. The van der Waals surface area contributed by atoms with Gasteiger partial charge in [-0.3, -0.25) is 0 Å². The molecular formula is C21H20N2O5. The van der Waals surface area contributed by atoms with Crippen LogP contribution in [-0.2, 0) is 9.47 Å². The summed E-state index contributed by atoms with van der Waals surface area (Å²) in [6, 6.07) is 14.4.